The Hall–Kier alpha value is -6.80. The second-order valence-corrected chi connectivity index (χ2v) is 30.9. The molecule has 14 atom stereocenters. The van der Waals surface area contributed by atoms with E-state index in [0.717, 1.165) is 55.1 Å². The molecule has 12 rings (SSSR count). The minimum absolute atomic E-state index is 0. The van der Waals surface area contributed by atoms with Crippen molar-refractivity contribution in [2.24, 2.45) is 15.0 Å². The van der Waals surface area contributed by atoms with Crippen LogP contribution in [0.4, 0.5) is 52.7 Å². The van der Waals surface area contributed by atoms with Crippen molar-refractivity contribution in [3.8, 4) is 0 Å². The molecule has 3 saturated heterocycles. The number of hydrogen-bond donors (Lipinski definition) is 11. The minimum atomic E-state index is -5.33. The van der Waals surface area contributed by atoms with E-state index in [1.54, 1.807) is 0 Å². The van der Waals surface area contributed by atoms with Gasteiger partial charge < -0.3 is 36.1 Å². The molecule has 100 heavy (non-hydrogen) atoms. The van der Waals surface area contributed by atoms with Crippen LogP contribution in [0.5, 0.6) is 0 Å². The standard InChI is InChI=1S/2C21H17F4N2O5S.C21H17F4N2O4S.Ga.H2O/c2*22-13-12(11(8-3-1-5-26-8)9-4-2-6-27-9)14(23)16(25)20(15(13)24)33-21-19(31)18(30)17(29)10(7-28)32-21;22-16-15(14(9-3-1-5-26-9)10-4-2-6-27-10)17(23)19(25)20(18(16)24)32-21-12(30)7-11(29)13(8-28)31-21;;/h2*1-6,10,17-19,21,28-31H,7H2;1-6,11-13,21,28-30H,7-8H2;;1H2/q3*-1;+3;/t2*10?,17-,18-,19?,21-;11-,12?,13?,21+;;/m001../s1. The van der Waals surface area contributed by atoms with Crippen LogP contribution in [0.25, 0.3) is 16.7 Å². The molecule has 6 aromatic rings. The number of hydrogen-bond acceptors (Lipinski definition) is 20. The fourth-order valence-corrected chi connectivity index (χ4v) is 21.5. The van der Waals surface area contributed by atoms with Gasteiger partial charge in [0.25, 0.3) is 0 Å². The van der Waals surface area contributed by atoms with E-state index < -0.39 is 279 Å². The first-order valence-corrected chi connectivity index (χ1v) is 35.4. The van der Waals surface area contributed by atoms with E-state index in [1.807, 2.05) is 0 Å². The third-order valence-corrected chi connectivity index (χ3v) is 26.5. The number of rotatable bonds is 18. The second kappa shape index (κ2) is 30.3. The van der Waals surface area contributed by atoms with E-state index in [4.69, 9.17) is 14.2 Å². The number of aromatic nitrogens is 3. The summed E-state index contributed by atoms with van der Waals surface area (Å²) in [4.78, 5) is 8.31. The minimum Gasteiger partial charge on any atom is -0.390 e. The van der Waals surface area contributed by atoms with Crippen LogP contribution in [0.15, 0.2) is 138 Å². The van der Waals surface area contributed by atoms with Gasteiger partial charge in [-0.05, 0) is 0 Å². The van der Waals surface area contributed by atoms with Gasteiger partial charge in [0, 0.05) is 0 Å². The van der Waals surface area contributed by atoms with Crippen molar-refractivity contribution in [2.45, 2.75) is 105 Å². The zero-order valence-electron chi connectivity index (χ0n) is 50.5. The molecule has 0 saturated carbocycles. The fourth-order valence-electron chi connectivity index (χ4n) is 11.9. The van der Waals surface area contributed by atoms with Gasteiger partial charge in [-0.1, -0.05) is 0 Å². The Bertz CT molecular complexity index is 4170. The first kappa shape index (κ1) is 74.4. The molecule has 3 fully saturated rings. The molecule has 0 bridgehead atoms. The summed E-state index contributed by atoms with van der Waals surface area (Å²) < 4.78 is 226. The fraction of sp³-hybridized carbons (Fsp3) is 0.286. The molecule has 37 heteroatoms. The number of benzene rings is 3. The number of allylic oxidation sites excluding steroid dienone is 6. The molecule has 6 aliphatic heterocycles. The summed E-state index contributed by atoms with van der Waals surface area (Å²) in [5, 5.41) is 114. The van der Waals surface area contributed by atoms with Gasteiger partial charge in [-0.2, -0.15) is 0 Å². The van der Waals surface area contributed by atoms with Gasteiger partial charge in [0.1, 0.15) is 0 Å². The maximum absolute atomic E-state index is 17.5. The number of aliphatic hydroxyl groups is 11. The Morgan fingerprint density at radius 2 is 0.690 bits per heavy atom. The van der Waals surface area contributed by atoms with E-state index in [2.05, 4.69) is 15.0 Å². The molecule has 13 N–H and O–H groups in total. The number of ether oxygens (including phenoxy) is 3. The molecule has 3 aromatic carbocycles. The van der Waals surface area contributed by atoms with Gasteiger partial charge in [0.15, 0.2) is 0 Å². The zero-order valence-corrected chi connectivity index (χ0v) is 55.3. The number of aliphatic hydroxyl groups excluding tert-OH is 11. The average Bonchev–Trinajstić information content (AvgIpc) is 1.48. The van der Waals surface area contributed by atoms with Gasteiger partial charge in [-0.3, -0.25) is 0 Å². The monoisotopic (exact) mass is 1530 g/mol. The van der Waals surface area contributed by atoms with E-state index in [9.17, 15) is 56.2 Å². The van der Waals surface area contributed by atoms with Gasteiger partial charge in [0.2, 0.25) is 0 Å². The Labute approximate surface area is 574 Å². The third-order valence-electron chi connectivity index (χ3n) is 16.8. The van der Waals surface area contributed by atoms with Gasteiger partial charge in [0.05, 0.1) is 0 Å². The molecule has 6 unspecified atom stereocenters. The molecular formula is C63H53F12GaN6O15S3. The maximum atomic E-state index is 17.5. The van der Waals surface area contributed by atoms with Crippen LogP contribution in [-0.4, -0.2) is 210 Å². The van der Waals surface area contributed by atoms with E-state index in [0.29, 0.717) is 0 Å². The molecule has 0 radical (unpaired) electrons. The van der Waals surface area contributed by atoms with Crippen molar-refractivity contribution in [1.29, 1.82) is 0 Å². The molecule has 9 heterocycles. The Morgan fingerprint density at radius 3 is 0.970 bits per heavy atom. The van der Waals surface area contributed by atoms with Gasteiger partial charge in [-0.15, -0.1) is 0 Å². The second-order valence-electron chi connectivity index (χ2n) is 22.7. The summed E-state index contributed by atoms with van der Waals surface area (Å²) >= 11 is -5.71. The summed E-state index contributed by atoms with van der Waals surface area (Å²) in [6, 6.07) is 7.08. The Kier molecular flexibility index (Phi) is 22.5. The predicted octanol–water partition coefficient (Wildman–Crippen LogP) is 4.77. The van der Waals surface area contributed by atoms with Crippen molar-refractivity contribution >= 4 is 87.6 Å². The predicted molar refractivity (Wildman–Crippen MR) is 336 cm³/mol. The third kappa shape index (κ3) is 13.1. The number of thioether (sulfide) groups is 3. The molecule has 530 valence electrons. The molecule has 6 aliphatic rings. The summed E-state index contributed by atoms with van der Waals surface area (Å²) in [6.07, 6.45) is -6.87. The van der Waals surface area contributed by atoms with Crippen LogP contribution in [0.3, 0.4) is 0 Å². The molecule has 0 aliphatic carbocycles. The summed E-state index contributed by atoms with van der Waals surface area (Å²) in [5.74, 6) is -25.5. The average molecular weight is 1530 g/mol. The number of nitrogens with zero attached hydrogens (tertiary/aromatic N) is 6. The van der Waals surface area contributed by atoms with E-state index in [1.165, 1.54) is 64.8 Å². The molecule has 0 spiro atoms. The van der Waals surface area contributed by atoms with E-state index >= 15 is 52.7 Å². The van der Waals surface area contributed by atoms with Crippen LogP contribution < -0.4 is 0 Å². The van der Waals surface area contributed by atoms with Crippen molar-refractivity contribution in [3.05, 3.63) is 212 Å². The topological polar surface area (TPSA) is 334 Å². The smallest absolute Gasteiger partial charge is 0.390 e. The Morgan fingerprint density at radius 1 is 0.400 bits per heavy atom. The SMILES string of the molecule is O.OCC1O[C@@H](Sc2c(F)c(F)c(C(=C3C=CC=N3)c3ccc[n]3[Ga]([n]3cccc3C(=C3C=CC=N3)c3c(F)c(F)c(S[C@@H]4OC(CO)[C@H](O)[C@H](O)C4O)c(F)c3F)[n]3cccc3C(=C3C=CC=N3)c3c(F)c(F)c(S[C@@H]4OC(CO)[C@H](O)[C@H](O)C4O)c(F)c3F)c(F)c2F)C(O)C[C@H]1O. The van der Waals surface area contributed by atoms with Gasteiger partial charge in [-0.25, -0.2) is 0 Å². The summed E-state index contributed by atoms with van der Waals surface area (Å²) in [5.41, 5.74) is -15.2. The first-order chi connectivity index (χ1) is 47.3. The molecule has 0 amide bonds. The van der Waals surface area contributed by atoms with Crippen molar-refractivity contribution in [3.63, 3.8) is 0 Å². The van der Waals surface area contributed by atoms with Crippen LogP contribution in [-0.2, 0) is 14.2 Å². The number of halogens is 12. The van der Waals surface area contributed by atoms with Crippen LogP contribution in [0.2, 0.25) is 0 Å². The van der Waals surface area contributed by atoms with E-state index in [-0.39, 0.29) is 40.8 Å². The quantitative estimate of drug-likeness (QED) is 0.0314. The first-order valence-electron chi connectivity index (χ1n) is 29.5. The van der Waals surface area contributed by atoms with Crippen molar-refractivity contribution < 1.29 is 129 Å². The van der Waals surface area contributed by atoms with Crippen molar-refractivity contribution in [1.82, 2.24) is 9.82 Å². The van der Waals surface area contributed by atoms with Crippen molar-refractivity contribution in [2.75, 3.05) is 19.8 Å². The van der Waals surface area contributed by atoms with Crippen LogP contribution in [0.1, 0.15) is 40.2 Å². The molecular weight excluding hydrogens is 1470 g/mol. The normalized spacial score (nSPS) is 27.9. The molecule has 21 nitrogen and oxygen atoms in total. The zero-order chi connectivity index (χ0) is 70.9. The Balaban J connectivity index is 0.0000101. The summed E-state index contributed by atoms with van der Waals surface area (Å²) in [7, 11) is 0. The molecule has 3 aromatic heterocycles. The van der Waals surface area contributed by atoms with Crippen LogP contribution in [0, 0.1) is 69.8 Å². The number of aliphatic imine (C=N–C) groups is 3. The van der Waals surface area contributed by atoms with Gasteiger partial charge >= 0.3 is 541 Å². The van der Waals surface area contributed by atoms with Crippen LogP contribution >= 0.6 is 35.3 Å². The summed E-state index contributed by atoms with van der Waals surface area (Å²) in [6.45, 7) is -2.87.